The molecule has 0 saturated heterocycles. The lowest BCUT2D eigenvalue weighted by molar-refractivity contribution is -0.143. The number of hydrogen-bond acceptors (Lipinski definition) is 5. The van der Waals surface area contributed by atoms with Gasteiger partial charge in [0.15, 0.2) is 0 Å². The van der Waals surface area contributed by atoms with E-state index in [4.69, 9.17) is 4.74 Å². The van der Waals surface area contributed by atoms with Gasteiger partial charge in [0.25, 0.3) is 0 Å². The molecule has 0 aromatic rings. The Kier molecular flexibility index (Phi) is 78.3. The van der Waals surface area contributed by atoms with Gasteiger partial charge < -0.3 is 20.3 Å². The summed E-state index contributed by atoms with van der Waals surface area (Å²) in [7, 11) is 0. The topological polar surface area (TPSA) is 95.9 Å². The van der Waals surface area contributed by atoms with E-state index in [0.29, 0.717) is 25.9 Å². The molecule has 0 bridgehead atoms. The third-order valence-corrected chi connectivity index (χ3v) is 20.2. The highest BCUT2D eigenvalue weighted by molar-refractivity contribution is 5.76. The smallest absolute Gasteiger partial charge is 0.305 e. The van der Waals surface area contributed by atoms with E-state index in [-0.39, 0.29) is 18.5 Å². The first-order chi connectivity index (χ1) is 44.0. The summed E-state index contributed by atoms with van der Waals surface area (Å²) in [5.41, 5.74) is 0. The van der Waals surface area contributed by atoms with Crippen LogP contribution in [0.5, 0.6) is 0 Å². The van der Waals surface area contributed by atoms with Crippen molar-refractivity contribution in [1.29, 1.82) is 0 Å². The highest BCUT2D eigenvalue weighted by Gasteiger charge is 2.20. The van der Waals surface area contributed by atoms with Crippen LogP contribution in [-0.2, 0) is 14.3 Å². The SMILES string of the molecule is CCCCCCCCCCCCCCCCCCCCCCC(O)C(CO)NC(=O)CCCCCCCCCCCCCCCCCCCCCCCCCCCCCCCCCCCCCCCCCOC(=O)CCCCCCCCCCCCCCC. The molecule has 0 saturated carbocycles. The lowest BCUT2D eigenvalue weighted by atomic mass is 10.0. The average Bonchev–Trinajstić information content (AvgIpc) is 3.67. The minimum atomic E-state index is -0.660. The van der Waals surface area contributed by atoms with Crippen LogP contribution < -0.4 is 5.32 Å². The van der Waals surface area contributed by atoms with Gasteiger partial charge in [0.1, 0.15) is 0 Å². The van der Waals surface area contributed by atoms with E-state index in [9.17, 15) is 19.8 Å². The highest BCUT2D eigenvalue weighted by atomic mass is 16.5. The van der Waals surface area contributed by atoms with Crippen molar-refractivity contribution in [3.05, 3.63) is 0 Å². The first-order valence-corrected chi connectivity index (χ1v) is 41.8. The van der Waals surface area contributed by atoms with Crippen LogP contribution in [0.3, 0.4) is 0 Å². The number of ether oxygens (including phenoxy) is 1. The van der Waals surface area contributed by atoms with E-state index >= 15 is 0 Å². The van der Waals surface area contributed by atoms with Crippen molar-refractivity contribution in [1.82, 2.24) is 5.32 Å². The fourth-order valence-corrected chi connectivity index (χ4v) is 13.8. The lowest BCUT2D eigenvalue weighted by Crippen LogP contribution is -2.45. The van der Waals surface area contributed by atoms with Crippen molar-refractivity contribution in [2.45, 2.75) is 508 Å². The largest absolute Gasteiger partial charge is 0.466 e. The summed E-state index contributed by atoms with van der Waals surface area (Å²) in [5, 5.41) is 23.5. The second-order valence-electron chi connectivity index (χ2n) is 29.2. The second-order valence-corrected chi connectivity index (χ2v) is 29.2. The van der Waals surface area contributed by atoms with Gasteiger partial charge >= 0.3 is 5.97 Å². The third-order valence-electron chi connectivity index (χ3n) is 20.2. The molecular weight excluding hydrogens is 1090 g/mol. The summed E-state index contributed by atoms with van der Waals surface area (Å²) in [6.07, 6.45) is 99.4. The van der Waals surface area contributed by atoms with Crippen LogP contribution in [0.2, 0.25) is 0 Å². The summed E-state index contributed by atoms with van der Waals surface area (Å²) < 4.78 is 5.50. The van der Waals surface area contributed by atoms with E-state index in [2.05, 4.69) is 19.2 Å². The number of carbonyl (C=O) groups excluding carboxylic acids is 2. The van der Waals surface area contributed by atoms with Gasteiger partial charge in [-0.3, -0.25) is 9.59 Å². The van der Waals surface area contributed by atoms with Gasteiger partial charge in [-0.25, -0.2) is 0 Å². The maximum absolute atomic E-state index is 12.6. The Morgan fingerprint density at radius 3 is 0.685 bits per heavy atom. The van der Waals surface area contributed by atoms with Gasteiger partial charge in [-0.15, -0.1) is 0 Å². The van der Waals surface area contributed by atoms with Gasteiger partial charge in [0, 0.05) is 12.8 Å². The number of amides is 1. The summed E-state index contributed by atoms with van der Waals surface area (Å²) >= 11 is 0. The Balaban J connectivity index is 3.29. The standard InChI is InChI=1S/C83H165NO5/c1-3-5-7-9-11-13-15-17-18-19-20-42-45-48-52-55-59-63-67-71-75-81(86)80(79-85)84-82(87)76-72-68-64-60-56-53-49-46-43-40-38-36-34-32-30-28-26-24-22-21-23-25-27-29-31-33-35-37-39-41-44-47-50-54-58-62-66-70-74-78-89-83(88)77-73-69-65-61-57-51-16-14-12-10-8-6-4-2/h80-81,85-86H,3-79H2,1-2H3,(H,84,87). The minimum Gasteiger partial charge on any atom is -0.466 e. The fourth-order valence-electron chi connectivity index (χ4n) is 13.8. The Labute approximate surface area is 559 Å². The maximum Gasteiger partial charge on any atom is 0.305 e. The van der Waals surface area contributed by atoms with Crippen LogP contribution in [0.25, 0.3) is 0 Å². The van der Waals surface area contributed by atoms with Crippen molar-refractivity contribution < 1.29 is 24.5 Å². The molecule has 1 amide bonds. The molecule has 6 heteroatoms. The van der Waals surface area contributed by atoms with E-state index in [1.807, 2.05) is 0 Å². The van der Waals surface area contributed by atoms with Crippen LogP contribution in [0, 0.1) is 0 Å². The fraction of sp³-hybridized carbons (Fsp3) is 0.976. The normalized spacial score (nSPS) is 12.4. The van der Waals surface area contributed by atoms with Crippen molar-refractivity contribution in [2.24, 2.45) is 0 Å². The molecular formula is C83H165NO5. The predicted molar refractivity (Wildman–Crippen MR) is 394 cm³/mol. The Hall–Kier alpha value is -1.14. The lowest BCUT2D eigenvalue weighted by Gasteiger charge is -2.22. The molecule has 0 aliphatic carbocycles. The Morgan fingerprint density at radius 2 is 0.461 bits per heavy atom. The maximum atomic E-state index is 12.6. The van der Waals surface area contributed by atoms with Crippen LogP contribution in [0.15, 0.2) is 0 Å². The summed E-state index contributed by atoms with van der Waals surface area (Å²) in [6.45, 7) is 5.02. The van der Waals surface area contributed by atoms with Crippen LogP contribution in [-0.4, -0.2) is 47.4 Å². The summed E-state index contributed by atoms with van der Waals surface area (Å²) in [4.78, 5) is 24.6. The molecule has 0 rings (SSSR count). The monoisotopic (exact) mass is 1260 g/mol. The van der Waals surface area contributed by atoms with Crippen molar-refractivity contribution in [3.8, 4) is 0 Å². The number of unbranched alkanes of at least 4 members (excludes halogenated alkanes) is 69. The first-order valence-electron chi connectivity index (χ1n) is 41.8. The molecule has 2 unspecified atom stereocenters. The molecule has 0 aliphatic rings. The molecule has 0 fully saturated rings. The average molecular weight is 1260 g/mol. The second kappa shape index (κ2) is 79.3. The molecule has 3 N–H and O–H groups in total. The molecule has 532 valence electrons. The Bertz CT molecular complexity index is 1310. The zero-order valence-corrected chi connectivity index (χ0v) is 61.2. The zero-order valence-electron chi connectivity index (χ0n) is 61.2. The van der Waals surface area contributed by atoms with Crippen LogP contribution in [0.1, 0.15) is 495 Å². The molecule has 0 aliphatic heterocycles. The van der Waals surface area contributed by atoms with E-state index in [0.717, 1.165) is 38.5 Å². The molecule has 6 nitrogen and oxygen atoms in total. The highest BCUT2D eigenvalue weighted by Crippen LogP contribution is 2.21. The molecule has 0 aromatic heterocycles. The van der Waals surface area contributed by atoms with Crippen molar-refractivity contribution in [3.63, 3.8) is 0 Å². The summed E-state index contributed by atoms with van der Waals surface area (Å²) in [5.74, 6) is 0.00423. The molecule has 89 heavy (non-hydrogen) atoms. The molecule has 0 aromatic carbocycles. The van der Waals surface area contributed by atoms with Crippen molar-refractivity contribution >= 4 is 11.9 Å². The number of aliphatic hydroxyl groups excluding tert-OH is 2. The van der Waals surface area contributed by atoms with Gasteiger partial charge in [0.2, 0.25) is 5.91 Å². The van der Waals surface area contributed by atoms with Gasteiger partial charge in [0.05, 0.1) is 25.4 Å². The third kappa shape index (κ3) is 75.8. The van der Waals surface area contributed by atoms with E-state index in [1.165, 1.54) is 424 Å². The predicted octanol–water partition coefficient (Wildman–Crippen LogP) is 27.7. The van der Waals surface area contributed by atoms with Gasteiger partial charge in [-0.2, -0.15) is 0 Å². The number of nitrogens with one attached hydrogen (secondary N) is 1. The van der Waals surface area contributed by atoms with E-state index in [1.54, 1.807) is 0 Å². The van der Waals surface area contributed by atoms with Crippen LogP contribution >= 0.6 is 0 Å². The molecule has 0 spiro atoms. The number of aliphatic hydroxyl groups is 2. The number of esters is 1. The first kappa shape index (κ1) is 87.9. The minimum absolute atomic E-state index is 0.0228. The number of hydrogen-bond donors (Lipinski definition) is 3. The summed E-state index contributed by atoms with van der Waals surface area (Å²) in [6, 6.07) is -0.536. The zero-order chi connectivity index (χ0) is 64.2. The van der Waals surface area contributed by atoms with Crippen molar-refractivity contribution in [2.75, 3.05) is 13.2 Å². The van der Waals surface area contributed by atoms with Crippen LogP contribution in [0.4, 0.5) is 0 Å². The quantitative estimate of drug-likeness (QED) is 0.0417. The van der Waals surface area contributed by atoms with Gasteiger partial charge in [-0.1, -0.05) is 457 Å². The Morgan fingerprint density at radius 1 is 0.270 bits per heavy atom. The molecule has 0 radical (unpaired) electrons. The molecule has 0 heterocycles. The molecule has 2 atom stereocenters. The number of rotatable bonds is 80. The van der Waals surface area contributed by atoms with Gasteiger partial charge in [-0.05, 0) is 25.7 Å². The number of carbonyl (C=O) groups is 2. The van der Waals surface area contributed by atoms with E-state index < -0.39 is 12.1 Å².